The van der Waals surface area contributed by atoms with E-state index in [0.29, 0.717) is 6.42 Å². The van der Waals surface area contributed by atoms with E-state index in [0.717, 1.165) is 11.3 Å². The maximum atomic E-state index is 12.4. The molecule has 1 unspecified atom stereocenters. The van der Waals surface area contributed by atoms with Crippen molar-refractivity contribution in [3.8, 4) is 0 Å². The number of pyridine rings is 1. The van der Waals surface area contributed by atoms with Crippen molar-refractivity contribution in [1.29, 1.82) is 0 Å². The van der Waals surface area contributed by atoms with E-state index >= 15 is 0 Å². The summed E-state index contributed by atoms with van der Waals surface area (Å²) in [5.74, 6) is -0.0339. The average molecular weight is 403 g/mol. The van der Waals surface area contributed by atoms with Crippen LogP contribution in [0.3, 0.4) is 0 Å². The zero-order valence-electron chi connectivity index (χ0n) is 17.1. The summed E-state index contributed by atoms with van der Waals surface area (Å²) < 4.78 is 7.16. The molecule has 0 bridgehead atoms. The number of carbonyl (C=O) groups excluding carboxylic acids is 1. The maximum absolute atomic E-state index is 12.4. The largest absolute Gasteiger partial charge is 0.400 e. The summed E-state index contributed by atoms with van der Waals surface area (Å²) in [4.78, 5) is 16.6. The Morgan fingerprint density at radius 3 is 2.10 bits per heavy atom. The van der Waals surface area contributed by atoms with Gasteiger partial charge in [-0.25, -0.2) is 0 Å². The van der Waals surface area contributed by atoms with E-state index in [2.05, 4.69) is 79.6 Å². The summed E-state index contributed by atoms with van der Waals surface area (Å²) in [6, 6.07) is 23.0. The van der Waals surface area contributed by atoms with Gasteiger partial charge in [-0.2, -0.15) is 0 Å². The van der Waals surface area contributed by atoms with Gasteiger partial charge in [0.2, 0.25) is 5.91 Å². The van der Waals surface area contributed by atoms with Crippen LogP contribution in [0.5, 0.6) is 0 Å². The van der Waals surface area contributed by atoms with Crippen molar-refractivity contribution < 1.29 is 9.22 Å². The van der Waals surface area contributed by atoms with Crippen molar-refractivity contribution in [2.45, 2.75) is 38.3 Å². The highest BCUT2D eigenvalue weighted by Crippen LogP contribution is 2.42. The second kappa shape index (κ2) is 7.58. The molecule has 0 aliphatic carbocycles. The Hall–Kier alpha value is -2.76. The molecule has 1 amide bonds. The Labute approximate surface area is 173 Å². The molecule has 0 spiro atoms. The number of benzene rings is 2. The highest BCUT2D eigenvalue weighted by molar-refractivity contribution is 6.99. The zero-order chi connectivity index (χ0) is 20.5. The second-order valence-corrected chi connectivity index (χ2v) is 12.7. The first-order valence-electron chi connectivity index (χ1n) is 9.94. The van der Waals surface area contributed by atoms with Crippen molar-refractivity contribution in [3.63, 3.8) is 0 Å². The molecule has 1 atom stereocenters. The van der Waals surface area contributed by atoms with Crippen LogP contribution >= 0.6 is 0 Å². The number of nitrogens with zero attached hydrogens (tertiary/aromatic N) is 1. The molecule has 2 heterocycles. The third kappa shape index (κ3) is 3.52. The van der Waals surface area contributed by atoms with Crippen LogP contribution in [0, 0.1) is 0 Å². The molecule has 0 saturated carbocycles. The lowest BCUT2D eigenvalue weighted by Gasteiger charge is -2.45. The lowest BCUT2D eigenvalue weighted by molar-refractivity contribution is -0.118. The van der Waals surface area contributed by atoms with Crippen LogP contribution in [0.15, 0.2) is 79.1 Å². The highest BCUT2D eigenvalue weighted by atomic mass is 28.4. The van der Waals surface area contributed by atoms with Crippen LogP contribution in [0.1, 0.15) is 38.9 Å². The number of hydrogen-bond donors (Lipinski definition) is 1. The molecular weight excluding hydrogens is 376 g/mol. The molecule has 3 aromatic rings. The predicted octanol–water partition coefficient (Wildman–Crippen LogP) is 4.04. The summed E-state index contributed by atoms with van der Waals surface area (Å²) in [5.41, 5.74) is 1.74. The van der Waals surface area contributed by atoms with Gasteiger partial charge < -0.3 is 9.74 Å². The van der Waals surface area contributed by atoms with E-state index in [4.69, 9.17) is 4.43 Å². The van der Waals surface area contributed by atoms with Gasteiger partial charge in [-0.1, -0.05) is 81.4 Å². The minimum absolute atomic E-state index is 0.0339. The molecule has 1 aromatic heterocycles. The second-order valence-electron chi connectivity index (χ2n) is 8.48. The molecule has 0 radical (unpaired) electrons. The van der Waals surface area contributed by atoms with Gasteiger partial charge in [-0.15, -0.1) is 0 Å². The fraction of sp³-hybridized carbons (Fsp3) is 0.250. The van der Waals surface area contributed by atoms with E-state index < -0.39 is 8.32 Å². The van der Waals surface area contributed by atoms with E-state index in [9.17, 15) is 4.79 Å². The van der Waals surface area contributed by atoms with Crippen LogP contribution in [-0.2, 0) is 9.22 Å². The number of nitrogens with one attached hydrogen (secondary N) is 1. The predicted molar refractivity (Wildman–Crippen MR) is 119 cm³/mol. The Bertz CT molecular complexity index is 961. The van der Waals surface area contributed by atoms with Crippen LogP contribution in [0.25, 0.3) is 0 Å². The molecule has 0 saturated heterocycles. The maximum Gasteiger partial charge on any atom is 0.261 e. The van der Waals surface area contributed by atoms with Gasteiger partial charge in [-0.05, 0) is 21.5 Å². The molecule has 1 aliphatic rings. The molecule has 1 N–H and O–H groups in total. The summed E-state index contributed by atoms with van der Waals surface area (Å²) >= 11 is 0. The molecule has 29 heavy (non-hydrogen) atoms. The minimum Gasteiger partial charge on any atom is -0.400 e. The van der Waals surface area contributed by atoms with Crippen LogP contribution in [0.4, 0.5) is 5.69 Å². The summed E-state index contributed by atoms with van der Waals surface area (Å²) in [6.07, 6.45) is 3.46. The summed E-state index contributed by atoms with van der Waals surface area (Å²) in [7, 11) is -2.74. The third-order valence-electron chi connectivity index (χ3n) is 5.58. The van der Waals surface area contributed by atoms with E-state index in [1.807, 2.05) is 18.2 Å². The van der Waals surface area contributed by atoms with Crippen LogP contribution < -0.4 is 15.7 Å². The first-order valence-corrected chi connectivity index (χ1v) is 11.9. The quantitative estimate of drug-likeness (QED) is 0.670. The smallest absolute Gasteiger partial charge is 0.261 e. The Kier molecular flexibility index (Phi) is 5.11. The van der Waals surface area contributed by atoms with Gasteiger partial charge in [0, 0.05) is 11.8 Å². The van der Waals surface area contributed by atoms with E-state index in [1.165, 1.54) is 10.4 Å². The first-order chi connectivity index (χ1) is 13.9. The molecule has 2 aromatic carbocycles. The standard InChI is InChI=1S/C24H26N2O2Si/c1-24(2,3)29(18-10-6-4-7-11-18,19-12-8-5-9-13-19)28-22-16-23(27)26-21-17-25-15-14-20(21)22/h4-15,17,22H,16H2,1-3H3,(H,26,27). The summed E-state index contributed by atoms with van der Waals surface area (Å²) in [6.45, 7) is 6.74. The molecule has 1 aliphatic heterocycles. The lowest BCUT2D eigenvalue weighted by atomic mass is 10.0. The molecule has 5 heteroatoms. The van der Waals surface area contributed by atoms with E-state index in [1.54, 1.807) is 12.4 Å². The third-order valence-corrected chi connectivity index (χ3v) is 10.6. The fourth-order valence-electron chi connectivity index (χ4n) is 4.28. The fourth-order valence-corrected chi connectivity index (χ4v) is 8.93. The average Bonchev–Trinajstić information content (AvgIpc) is 2.72. The number of carbonyl (C=O) groups is 1. The van der Waals surface area contributed by atoms with Crippen molar-refractivity contribution in [2.75, 3.05) is 5.32 Å². The van der Waals surface area contributed by atoms with E-state index in [-0.39, 0.29) is 17.0 Å². The number of aromatic nitrogens is 1. The van der Waals surface area contributed by atoms with Gasteiger partial charge in [0.1, 0.15) is 0 Å². The van der Waals surface area contributed by atoms with Crippen molar-refractivity contribution in [2.24, 2.45) is 0 Å². The number of rotatable bonds is 4. The summed E-state index contributed by atoms with van der Waals surface area (Å²) in [5, 5.41) is 5.20. The van der Waals surface area contributed by atoms with Gasteiger partial charge in [0.05, 0.1) is 24.4 Å². The van der Waals surface area contributed by atoms with Gasteiger partial charge in [0.15, 0.2) is 0 Å². The van der Waals surface area contributed by atoms with Crippen LogP contribution in [-0.4, -0.2) is 19.2 Å². The molecule has 148 valence electrons. The zero-order valence-corrected chi connectivity index (χ0v) is 18.1. The number of amides is 1. The van der Waals surface area contributed by atoms with Crippen molar-refractivity contribution in [1.82, 2.24) is 4.98 Å². The lowest BCUT2D eigenvalue weighted by Crippen LogP contribution is -2.67. The minimum atomic E-state index is -2.74. The van der Waals surface area contributed by atoms with Crippen LogP contribution in [0.2, 0.25) is 5.04 Å². The Morgan fingerprint density at radius 1 is 0.966 bits per heavy atom. The normalized spacial score (nSPS) is 16.8. The van der Waals surface area contributed by atoms with Gasteiger partial charge in [-0.3, -0.25) is 9.78 Å². The van der Waals surface area contributed by atoms with Gasteiger partial charge in [0.25, 0.3) is 8.32 Å². The molecule has 4 nitrogen and oxygen atoms in total. The number of fused-ring (bicyclic) bond motifs is 1. The molecule has 4 rings (SSSR count). The van der Waals surface area contributed by atoms with Crippen molar-refractivity contribution >= 4 is 30.3 Å². The monoisotopic (exact) mass is 402 g/mol. The molecule has 0 fully saturated rings. The number of anilines is 1. The first kappa shape index (κ1) is 19.5. The molecular formula is C24H26N2O2Si. The van der Waals surface area contributed by atoms with Gasteiger partial charge >= 0.3 is 0 Å². The topological polar surface area (TPSA) is 51.2 Å². The van der Waals surface area contributed by atoms with Crippen molar-refractivity contribution in [3.05, 3.63) is 84.7 Å². The number of hydrogen-bond acceptors (Lipinski definition) is 3. The highest BCUT2D eigenvalue weighted by Gasteiger charge is 2.52. The SMILES string of the molecule is CC(C)(C)[Si](OC1CC(=O)Nc2cnccc21)(c1ccccc1)c1ccccc1. The Morgan fingerprint density at radius 2 is 1.55 bits per heavy atom. The Balaban J connectivity index is 1.91.